The Morgan fingerprint density at radius 1 is 0.889 bits per heavy atom. The van der Waals surface area contributed by atoms with Crippen LogP contribution in [-0.4, -0.2) is 0 Å². The predicted molar refractivity (Wildman–Crippen MR) is 3.31 cm³/mol. The molecule has 0 saturated carbocycles. The van der Waals surface area contributed by atoms with Gasteiger partial charge in [0.05, 0.1) is 0 Å². The van der Waals surface area contributed by atoms with Crippen molar-refractivity contribution in [3.8, 4) is 0 Å². The van der Waals surface area contributed by atoms with Crippen molar-refractivity contribution in [2.45, 2.75) is 0 Å². The molecule has 0 atom stereocenters. The van der Waals surface area contributed by atoms with Gasteiger partial charge in [0.25, 0.3) is 0 Å². The maximum Gasteiger partial charge on any atom is 1.00 e. The summed E-state index contributed by atoms with van der Waals surface area (Å²) in [6.07, 6.45) is 0. The maximum atomic E-state index is 9.15. The molecule has 0 aliphatic rings. The summed E-state index contributed by atoms with van der Waals surface area (Å²) in [5.74, 6) is 0. The van der Waals surface area contributed by atoms with E-state index in [1.807, 2.05) is 0 Å². The second-order valence-electron chi connectivity index (χ2n) is 0.436. The van der Waals surface area contributed by atoms with Crippen LogP contribution in [0.5, 0.6) is 0 Å². The topological polar surface area (TPSA) is 101 Å². The summed E-state index contributed by atoms with van der Waals surface area (Å²) in [4.78, 5) is 0. The van der Waals surface area contributed by atoms with Gasteiger partial charge in [0.2, 0.25) is 0 Å². The summed E-state index contributed by atoms with van der Waals surface area (Å²) < 4.78 is 39.6. The minimum Gasteiger partial charge on any atom is -1.00 e. The molecule has 0 radical (unpaired) electrons. The Balaban J connectivity index is -0.0000000300. The molecule has 0 bridgehead atoms. The first-order valence-corrected chi connectivity index (χ1v) is 2.78. The summed E-state index contributed by atoms with van der Waals surface area (Å²) in [5, 5.41) is 0. The normalized spacial score (nSPS) is 8.67. The van der Waals surface area contributed by atoms with Gasteiger partial charge in [-0.25, -0.2) is 0 Å². The molecule has 0 rings (SSSR count). The van der Waals surface area contributed by atoms with Crippen LogP contribution in [0, 0.1) is 21.6 Å². The molecule has 5 nitrogen and oxygen atoms in total. The molecule has 0 amide bonds. The summed E-state index contributed by atoms with van der Waals surface area (Å²) in [7, 11) is -5.36. The van der Waals surface area contributed by atoms with Crippen LogP contribution >= 0.6 is 0 Å². The molecule has 0 spiro atoms. The molecule has 9 heavy (non-hydrogen) atoms. The maximum absolute atomic E-state index is 9.15. The van der Waals surface area contributed by atoms with Gasteiger partial charge in [0, 0.05) is 0 Å². The molecule has 48 valence electrons. The number of hydrogen-bond donors (Lipinski definition) is 0. The van der Waals surface area contributed by atoms with Crippen LogP contribution < -0.4 is 77.8 Å². The fraction of sp³-hybridized carbons (Fsp3) is 0. The fourth-order valence-electron chi connectivity index (χ4n) is 0.0389. The number of rotatable bonds is 2. The fourth-order valence-corrected chi connectivity index (χ4v) is 0.350. The molecule has 0 aliphatic heterocycles. The van der Waals surface area contributed by atoms with Crippen LogP contribution in [0.25, 0.3) is 0 Å². The summed E-state index contributed by atoms with van der Waals surface area (Å²) in [6.45, 7) is 0. The van der Waals surface area contributed by atoms with E-state index in [1.165, 1.54) is 0 Å². The Morgan fingerprint density at radius 3 is 1.11 bits per heavy atom. The van der Waals surface area contributed by atoms with Crippen molar-refractivity contribution < 1.29 is 106 Å². The van der Waals surface area contributed by atoms with E-state index in [0.717, 1.165) is 0 Å². The molecule has 0 saturated heterocycles. The van der Waals surface area contributed by atoms with E-state index in [9.17, 15) is 0 Å². The van der Waals surface area contributed by atoms with Gasteiger partial charge in [-0.05, 0) is 0 Å². The number of hydrogen-bond acceptors (Lipinski definition) is 5. The molecule has 9 heteroatoms. The van der Waals surface area contributed by atoms with Crippen molar-refractivity contribution in [2.24, 2.45) is 0 Å². The third-order valence-corrected chi connectivity index (χ3v) is 0.857. The molecular weight excluding hydrogens is 197 g/mol. The van der Waals surface area contributed by atoms with E-state index in [0.29, 0.717) is 0 Å². The smallest absolute Gasteiger partial charge is 1.00 e. The average Bonchev–Trinajstić information content (AvgIpc) is 1.27. The molecule has 0 fully saturated rings. The van der Waals surface area contributed by atoms with Gasteiger partial charge in [-0.15, -0.1) is 0 Å². The first-order chi connectivity index (χ1) is 3.13. The first kappa shape index (κ1) is 17.5. The summed E-state index contributed by atoms with van der Waals surface area (Å²) in [6, 6.07) is 0. The largest absolute Gasteiger partial charge is 1.00 e. The molecule has 0 heterocycles. The van der Waals surface area contributed by atoms with Crippen LogP contribution in [0.2, 0.25) is 0 Å². The van der Waals surface area contributed by atoms with Crippen LogP contribution in [0.3, 0.4) is 0 Å². The Labute approximate surface area is 105 Å². The van der Waals surface area contributed by atoms with Gasteiger partial charge < -0.3 is 21.5 Å². The van der Waals surface area contributed by atoms with Crippen molar-refractivity contribution in [2.75, 3.05) is 0 Å². The molecular formula is H2Cl2Na2O5. The zero-order valence-corrected chi connectivity index (χ0v) is 10.3. The van der Waals surface area contributed by atoms with Crippen LogP contribution in [0.15, 0.2) is 0 Å². The van der Waals surface area contributed by atoms with Gasteiger partial charge >= 0.3 is 84.5 Å². The van der Waals surface area contributed by atoms with Gasteiger partial charge in [0.15, 0.2) is 0 Å². The molecule has 0 aromatic rings. The first-order valence-electron chi connectivity index (χ1n) is 0.926. The van der Waals surface area contributed by atoms with Gasteiger partial charge in [0.1, 0.15) is 0 Å². The zero-order chi connectivity index (χ0) is 5.86. The zero-order valence-electron chi connectivity index (χ0n) is 6.80. The molecule has 0 unspecified atom stereocenters. The van der Waals surface area contributed by atoms with E-state index >= 15 is 0 Å². The third-order valence-electron chi connectivity index (χ3n) is 0.0952. The Bertz CT molecular complexity index is 49.7. The Morgan fingerprint density at radius 2 is 1.11 bits per heavy atom. The van der Waals surface area contributed by atoms with Crippen molar-refractivity contribution >= 4 is 0 Å². The molecule has 0 aliphatic carbocycles. The van der Waals surface area contributed by atoms with Crippen molar-refractivity contribution in [3.05, 3.63) is 0 Å². The second kappa shape index (κ2) is 10.4. The van der Waals surface area contributed by atoms with Gasteiger partial charge in [-0.3, -0.25) is 0 Å². The van der Waals surface area contributed by atoms with Gasteiger partial charge in [-0.2, -0.15) is 0 Å². The minimum atomic E-state index is -2.68. The van der Waals surface area contributed by atoms with Gasteiger partial charge in [-0.1, -0.05) is 0 Å². The standard InChI is InChI=1S/Cl2O5.2Na.2H/c3-1(4)7-2(5)6;;;;/q;2*+1;2*-1. The number of halogens is 2. The van der Waals surface area contributed by atoms with E-state index in [4.69, 9.17) is 18.6 Å². The van der Waals surface area contributed by atoms with Crippen LogP contribution in [0.4, 0.5) is 0 Å². The molecule has 0 aromatic carbocycles. The Hall–Kier alpha value is 2.38. The molecule has 0 N–H and O–H groups in total. The SMILES string of the molecule is [H-].[H-].[Na+].[Na+].[O-][Cl+2]([O-])O[Cl+2]([O-])[O-]. The van der Waals surface area contributed by atoms with E-state index in [2.05, 4.69) is 3.84 Å². The van der Waals surface area contributed by atoms with Crippen LogP contribution in [0.1, 0.15) is 2.85 Å². The minimum absolute atomic E-state index is 0. The van der Waals surface area contributed by atoms with E-state index < -0.39 is 21.6 Å². The van der Waals surface area contributed by atoms with Crippen molar-refractivity contribution in [1.29, 1.82) is 0 Å². The monoisotopic (exact) mass is 198 g/mol. The molecule has 0 aromatic heterocycles. The van der Waals surface area contributed by atoms with Crippen LogP contribution in [-0.2, 0) is 3.84 Å². The second-order valence-corrected chi connectivity index (χ2v) is 1.66. The predicted octanol–water partition coefficient (Wildman–Crippen LogP) is -10.6. The average molecular weight is 199 g/mol. The van der Waals surface area contributed by atoms with E-state index in [-0.39, 0.29) is 62.0 Å². The Kier molecular flexibility index (Phi) is 20.1. The summed E-state index contributed by atoms with van der Waals surface area (Å²) >= 11 is 0. The third kappa shape index (κ3) is 17.9. The van der Waals surface area contributed by atoms with Crippen molar-refractivity contribution in [3.63, 3.8) is 0 Å². The quantitative estimate of drug-likeness (QED) is 0.411. The summed E-state index contributed by atoms with van der Waals surface area (Å²) in [5.41, 5.74) is 0. The van der Waals surface area contributed by atoms with E-state index in [1.54, 1.807) is 0 Å². The van der Waals surface area contributed by atoms with Crippen molar-refractivity contribution in [1.82, 2.24) is 0 Å².